The zero-order valence-electron chi connectivity index (χ0n) is 8.61. The lowest BCUT2D eigenvalue weighted by atomic mass is 10.2. The molecule has 0 saturated heterocycles. The Bertz CT molecular complexity index is 478. The second-order valence-electron chi connectivity index (χ2n) is 3.40. The number of imidazole rings is 1. The van der Waals surface area contributed by atoms with Gasteiger partial charge >= 0.3 is 0 Å². The summed E-state index contributed by atoms with van der Waals surface area (Å²) in [5.74, 6) is 0.966. The number of hydrogen-bond acceptors (Lipinski definition) is 3. The fraction of sp³-hybridized carbons (Fsp3) is 0.300. The van der Waals surface area contributed by atoms with Crippen molar-refractivity contribution in [3.05, 3.63) is 41.0 Å². The molecule has 78 valence electrons. The van der Waals surface area contributed by atoms with Crippen molar-refractivity contribution in [2.75, 3.05) is 0 Å². The molecule has 2 aromatic heterocycles. The molecule has 4 nitrogen and oxygen atoms in total. The molecule has 5 heteroatoms. The number of nitrogens with zero attached hydrogens (tertiary/aromatic N) is 4. The Labute approximate surface area is 93.0 Å². The number of halogens is 1. The molecule has 2 rings (SSSR count). The average molecular weight is 223 g/mol. The first-order valence-corrected chi connectivity index (χ1v) is 4.99. The lowest BCUT2D eigenvalue weighted by molar-refractivity contribution is 0.805. The minimum absolute atomic E-state index is 0.282. The Balaban J connectivity index is 2.32. The van der Waals surface area contributed by atoms with Gasteiger partial charge in [-0.25, -0.2) is 15.0 Å². The van der Waals surface area contributed by atoms with Gasteiger partial charge in [0.15, 0.2) is 0 Å². The summed E-state index contributed by atoms with van der Waals surface area (Å²) in [7, 11) is 1.96. The van der Waals surface area contributed by atoms with Gasteiger partial charge in [-0.05, 0) is 24.1 Å². The Morgan fingerprint density at radius 2 is 2.20 bits per heavy atom. The maximum absolute atomic E-state index is 5.75. The average Bonchev–Trinajstić information content (AvgIpc) is 2.58. The summed E-state index contributed by atoms with van der Waals surface area (Å²) in [5.41, 5.74) is 1.95. The molecule has 2 aromatic rings. The summed E-state index contributed by atoms with van der Waals surface area (Å²) < 4.78 is 1.97. The summed E-state index contributed by atoms with van der Waals surface area (Å²) in [6.45, 7) is 1.97. The largest absolute Gasteiger partial charge is 0.338 e. The molecule has 0 spiro atoms. The molecule has 15 heavy (non-hydrogen) atoms. The van der Waals surface area contributed by atoms with Gasteiger partial charge in [-0.1, -0.05) is 0 Å². The predicted octanol–water partition coefficient (Wildman–Crippen LogP) is 1.76. The van der Waals surface area contributed by atoms with E-state index < -0.39 is 0 Å². The molecule has 0 aromatic carbocycles. The van der Waals surface area contributed by atoms with Crippen LogP contribution in [0.4, 0.5) is 0 Å². The number of rotatable bonds is 2. The SMILES string of the molecule is Cc1cnc(Cl)nc1Cc1nccn1C. The van der Waals surface area contributed by atoms with Crippen LogP contribution in [0.2, 0.25) is 5.28 Å². The van der Waals surface area contributed by atoms with Crippen LogP contribution in [0, 0.1) is 6.92 Å². The van der Waals surface area contributed by atoms with E-state index >= 15 is 0 Å². The van der Waals surface area contributed by atoms with Gasteiger partial charge in [0.05, 0.1) is 5.69 Å². The molecule has 0 saturated carbocycles. The van der Waals surface area contributed by atoms with Gasteiger partial charge in [0.25, 0.3) is 0 Å². The second kappa shape index (κ2) is 3.98. The molecule has 0 atom stereocenters. The van der Waals surface area contributed by atoms with Crippen LogP contribution in [0.3, 0.4) is 0 Å². The first-order chi connectivity index (χ1) is 7.16. The molecule has 0 amide bonds. The highest BCUT2D eigenvalue weighted by atomic mass is 35.5. The van der Waals surface area contributed by atoms with Crippen molar-refractivity contribution in [3.63, 3.8) is 0 Å². The smallest absolute Gasteiger partial charge is 0.222 e. The van der Waals surface area contributed by atoms with Crippen molar-refractivity contribution in [2.24, 2.45) is 7.05 Å². The van der Waals surface area contributed by atoms with Crippen LogP contribution in [-0.2, 0) is 13.5 Å². The quantitative estimate of drug-likeness (QED) is 0.728. The zero-order chi connectivity index (χ0) is 10.8. The topological polar surface area (TPSA) is 43.6 Å². The monoisotopic (exact) mass is 222 g/mol. The Morgan fingerprint density at radius 1 is 1.40 bits per heavy atom. The Kier molecular flexibility index (Phi) is 2.68. The first kappa shape index (κ1) is 10.1. The third-order valence-corrected chi connectivity index (χ3v) is 2.48. The molecular weight excluding hydrogens is 212 g/mol. The standard InChI is InChI=1S/C10H11ClN4/c1-7-6-13-10(11)14-8(7)5-9-12-3-4-15(9)2/h3-4,6H,5H2,1-2H3. The third kappa shape index (κ3) is 2.15. The predicted molar refractivity (Wildman–Crippen MR) is 57.8 cm³/mol. The molecule has 0 aliphatic rings. The zero-order valence-corrected chi connectivity index (χ0v) is 9.36. The third-order valence-electron chi connectivity index (χ3n) is 2.29. The van der Waals surface area contributed by atoms with Crippen LogP contribution in [0.1, 0.15) is 17.1 Å². The van der Waals surface area contributed by atoms with Crippen LogP contribution in [0.25, 0.3) is 0 Å². The van der Waals surface area contributed by atoms with Gasteiger partial charge in [-0.2, -0.15) is 0 Å². The first-order valence-electron chi connectivity index (χ1n) is 4.61. The molecule has 0 aliphatic carbocycles. The minimum atomic E-state index is 0.282. The minimum Gasteiger partial charge on any atom is -0.338 e. The highest BCUT2D eigenvalue weighted by Gasteiger charge is 2.06. The fourth-order valence-electron chi connectivity index (χ4n) is 1.35. The van der Waals surface area contributed by atoms with Crippen LogP contribution in [0.15, 0.2) is 18.6 Å². The number of aromatic nitrogens is 4. The Morgan fingerprint density at radius 3 is 2.87 bits per heavy atom. The van der Waals surface area contributed by atoms with Gasteiger partial charge in [0.1, 0.15) is 5.82 Å². The fourth-order valence-corrected chi connectivity index (χ4v) is 1.50. The lowest BCUT2D eigenvalue weighted by Crippen LogP contribution is -2.03. The van der Waals surface area contributed by atoms with Crippen LogP contribution in [-0.4, -0.2) is 19.5 Å². The Hall–Kier alpha value is -1.42. The summed E-state index contributed by atoms with van der Waals surface area (Å²) in [4.78, 5) is 12.3. The van der Waals surface area contributed by atoms with E-state index in [1.807, 2.05) is 24.7 Å². The molecule has 0 bridgehead atoms. The second-order valence-corrected chi connectivity index (χ2v) is 3.74. The van der Waals surface area contributed by atoms with Crippen LogP contribution in [0.5, 0.6) is 0 Å². The van der Waals surface area contributed by atoms with E-state index in [-0.39, 0.29) is 5.28 Å². The van der Waals surface area contributed by atoms with E-state index in [0.29, 0.717) is 6.42 Å². The molecule has 2 heterocycles. The van der Waals surface area contributed by atoms with Crippen molar-refractivity contribution < 1.29 is 0 Å². The normalized spacial score (nSPS) is 10.6. The number of aryl methyl sites for hydroxylation is 2. The molecule has 0 unspecified atom stereocenters. The van der Waals surface area contributed by atoms with Gasteiger partial charge in [0, 0.05) is 32.1 Å². The van der Waals surface area contributed by atoms with Crippen molar-refractivity contribution >= 4 is 11.6 Å². The van der Waals surface area contributed by atoms with E-state index in [0.717, 1.165) is 17.1 Å². The maximum Gasteiger partial charge on any atom is 0.222 e. The van der Waals surface area contributed by atoms with Gasteiger partial charge in [0.2, 0.25) is 5.28 Å². The van der Waals surface area contributed by atoms with E-state index in [9.17, 15) is 0 Å². The van der Waals surface area contributed by atoms with E-state index in [1.165, 1.54) is 0 Å². The summed E-state index contributed by atoms with van der Waals surface area (Å²) in [5, 5.41) is 0.282. The van der Waals surface area contributed by atoms with Crippen molar-refractivity contribution in [3.8, 4) is 0 Å². The maximum atomic E-state index is 5.75. The van der Waals surface area contributed by atoms with Crippen LogP contribution >= 0.6 is 11.6 Å². The number of hydrogen-bond donors (Lipinski definition) is 0. The van der Waals surface area contributed by atoms with Gasteiger partial charge < -0.3 is 4.57 Å². The van der Waals surface area contributed by atoms with E-state index in [1.54, 1.807) is 12.4 Å². The highest BCUT2D eigenvalue weighted by molar-refractivity contribution is 6.28. The van der Waals surface area contributed by atoms with Crippen molar-refractivity contribution in [1.82, 2.24) is 19.5 Å². The van der Waals surface area contributed by atoms with E-state index in [2.05, 4.69) is 15.0 Å². The molecule has 0 N–H and O–H groups in total. The summed E-state index contributed by atoms with van der Waals surface area (Å²) in [6.07, 6.45) is 6.09. The van der Waals surface area contributed by atoms with Gasteiger partial charge in [-0.15, -0.1) is 0 Å². The van der Waals surface area contributed by atoms with E-state index in [4.69, 9.17) is 11.6 Å². The summed E-state index contributed by atoms with van der Waals surface area (Å²) >= 11 is 5.75. The van der Waals surface area contributed by atoms with Crippen molar-refractivity contribution in [1.29, 1.82) is 0 Å². The molecule has 0 aliphatic heterocycles. The van der Waals surface area contributed by atoms with Gasteiger partial charge in [-0.3, -0.25) is 0 Å². The molecule has 0 radical (unpaired) electrons. The molecular formula is C10H11ClN4. The van der Waals surface area contributed by atoms with Crippen molar-refractivity contribution in [2.45, 2.75) is 13.3 Å². The molecule has 0 fully saturated rings. The van der Waals surface area contributed by atoms with Crippen LogP contribution < -0.4 is 0 Å². The lowest BCUT2D eigenvalue weighted by Gasteiger charge is -2.04. The summed E-state index contributed by atoms with van der Waals surface area (Å²) in [6, 6.07) is 0. The highest BCUT2D eigenvalue weighted by Crippen LogP contribution is 2.11.